The summed E-state index contributed by atoms with van der Waals surface area (Å²) in [4.78, 5) is 10.1. The number of nitro benzene ring substituents is 1. The lowest BCUT2D eigenvalue weighted by molar-refractivity contribution is -0.384. The summed E-state index contributed by atoms with van der Waals surface area (Å²) in [5.74, 6) is 0. The highest BCUT2D eigenvalue weighted by Gasteiger charge is 2.09. The lowest BCUT2D eigenvalue weighted by Crippen LogP contribution is -2.17. The van der Waals surface area contributed by atoms with E-state index in [1.807, 2.05) is 13.8 Å². The largest absolute Gasteiger partial charge is 0.396 e. The maximum atomic E-state index is 10.5. The summed E-state index contributed by atoms with van der Waals surface area (Å²) in [6, 6.07) is 4.85. The number of hydrogen-bond acceptors (Lipinski definition) is 4. The number of aliphatic hydroxyl groups excluding tert-OH is 1. The van der Waals surface area contributed by atoms with Crippen molar-refractivity contribution in [3.8, 4) is 0 Å². The number of hydrogen-bond donors (Lipinski definition) is 2. The Morgan fingerprint density at radius 1 is 1.56 bits per heavy atom. The Labute approximate surface area is 94.3 Å². The SMILES string of the molecule is Cc1cc([N+](=O)[O-])ccc1NC(C)CCO. The highest BCUT2D eigenvalue weighted by Crippen LogP contribution is 2.21. The van der Waals surface area contributed by atoms with Gasteiger partial charge in [-0.1, -0.05) is 0 Å². The van der Waals surface area contributed by atoms with Crippen LogP contribution in [0.15, 0.2) is 18.2 Å². The van der Waals surface area contributed by atoms with Crippen LogP contribution in [-0.2, 0) is 0 Å². The topological polar surface area (TPSA) is 75.4 Å². The van der Waals surface area contributed by atoms with Gasteiger partial charge in [-0.05, 0) is 31.9 Å². The monoisotopic (exact) mass is 224 g/mol. The van der Waals surface area contributed by atoms with Gasteiger partial charge in [0, 0.05) is 30.5 Å². The summed E-state index contributed by atoms with van der Waals surface area (Å²) in [5.41, 5.74) is 1.79. The fraction of sp³-hybridized carbons (Fsp3) is 0.455. The van der Waals surface area contributed by atoms with Gasteiger partial charge >= 0.3 is 0 Å². The molecule has 0 aliphatic carbocycles. The molecule has 0 aliphatic heterocycles. The van der Waals surface area contributed by atoms with E-state index in [1.54, 1.807) is 6.07 Å². The van der Waals surface area contributed by atoms with Crippen molar-refractivity contribution in [3.63, 3.8) is 0 Å². The maximum absolute atomic E-state index is 10.5. The van der Waals surface area contributed by atoms with E-state index in [1.165, 1.54) is 12.1 Å². The minimum Gasteiger partial charge on any atom is -0.396 e. The third kappa shape index (κ3) is 3.20. The molecule has 0 aromatic heterocycles. The number of anilines is 1. The van der Waals surface area contributed by atoms with E-state index in [9.17, 15) is 10.1 Å². The molecular formula is C11H16N2O3. The standard InChI is InChI=1S/C11H16N2O3/c1-8-7-10(13(15)16)3-4-11(8)12-9(2)5-6-14/h3-4,7,9,12,14H,5-6H2,1-2H3. The van der Waals surface area contributed by atoms with Crippen molar-refractivity contribution in [1.29, 1.82) is 0 Å². The van der Waals surface area contributed by atoms with Gasteiger partial charge in [-0.3, -0.25) is 10.1 Å². The Morgan fingerprint density at radius 3 is 2.75 bits per heavy atom. The van der Waals surface area contributed by atoms with Crippen molar-refractivity contribution in [2.45, 2.75) is 26.3 Å². The van der Waals surface area contributed by atoms with E-state index in [0.29, 0.717) is 6.42 Å². The van der Waals surface area contributed by atoms with Gasteiger partial charge in [0.25, 0.3) is 5.69 Å². The molecule has 0 spiro atoms. The molecule has 1 aromatic rings. The lowest BCUT2D eigenvalue weighted by atomic mass is 10.1. The fourth-order valence-electron chi connectivity index (χ4n) is 1.45. The van der Waals surface area contributed by atoms with Crippen LogP contribution in [0.25, 0.3) is 0 Å². The Balaban J connectivity index is 2.79. The first-order valence-corrected chi connectivity index (χ1v) is 5.17. The van der Waals surface area contributed by atoms with Crippen LogP contribution in [0.2, 0.25) is 0 Å². The Bertz CT molecular complexity index is 379. The van der Waals surface area contributed by atoms with E-state index in [4.69, 9.17) is 5.11 Å². The molecule has 1 unspecified atom stereocenters. The molecule has 0 bridgehead atoms. The zero-order valence-corrected chi connectivity index (χ0v) is 9.43. The van der Waals surface area contributed by atoms with Crippen LogP contribution in [0.4, 0.5) is 11.4 Å². The molecule has 0 amide bonds. The van der Waals surface area contributed by atoms with E-state index >= 15 is 0 Å². The number of rotatable bonds is 5. The van der Waals surface area contributed by atoms with Gasteiger partial charge < -0.3 is 10.4 Å². The van der Waals surface area contributed by atoms with Crippen molar-refractivity contribution in [2.24, 2.45) is 0 Å². The average molecular weight is 224 g/mol. The van der Waals surface area contributed by atoms with Gasteiger partial charge in [-0.25, -0.2) is 0 Å². The summed E-state index contributed by atoms with van der Waals surface area (Å²) in [6.45, 7) is 3.90. The van der Waals surface area contributed by atoms with Gasteiger partial charge in [0.15, 0.2) is 0 Å². The normalized spacial score (nSPS) is 12.2. The molecule has 0 aliphatic rings. The quantitative estimate of drug-likeness (QED) is 0.593. The molecule has 0 fully saturated rings. The number of nitro groups is 1. The van der Waals surface area contributed by atoms with Crippen LogP contribution in [0.1, 0.15) is 18.9 Å². The van der Waals surface area contributed by atoms with Gasteiger partial charge in [0.2, 0.25) is 0 Å². The van der Waals surface area contributed by atoms with Crippen LogP contribution in [0.5, 0.6) is 0 Å². The van der Waals surface area contributed by atoms with E-state index in [0.717, 1.165) is 11.3 Å². The first kappa shape index (κ1) is 12.4. The van der Waals surface area contributed by atoms with E-state index in [-0.39, 0.29) is 18.3 Å². The Kier molecular flexibility index (Phi) is 4.25. The molecule has 5 heteroatoms. The van der Waals surface area contributed by atoms with Crippen molar-refractivity contribution in [1.82, 2.24) is 0 Å². The summed E-state index contributed by atoms with van der Waals surface area (Å²) in [6.07, 6.45) is 0.649. The van der Waals surface area contributed by atoms with Crippen molar-refractivity contribution >= 4 is 11.4 Å². The fourth-order valence-corrected chi connectivity index (χ4v) is 1.45. The van der Waals surface area contributed by atoms with Gasteiger partial charge in [0.05, 0.1) is 4.92 Å². The number of aryl methyl sites for hydroxylation is 1. The van der Waals surface area contributed by atoms with Crippen LogP contribution >= 0.6 is 0 Å². The Morgan fingerprint density at radius 2 is 2.25 bits per heavy atom. The zero-order valence-electron chi connectivity index (χ0n) is 9.43. The van der Waals surface area contributed by atoms with E-state index in [2.05, 4.69) is 5.32 Å². The highest BCUT2D eigenvalue weighted by molar-refractivity contribution is 5.55. The molecule has 0 radical (unpaired) electrons. The van der Waals surface area contributed by atoms with Gasteiger partial charge in [-0.15, -0.1) is 0 Å². The number of non-ortho nitro benzene ring substituents is 1. The second-order valence-electron chi connectivity index (χ2n) is 3.81. The number of nitrogens with one attached hydrogen (secondary N) is 1. The summed E-state index contributed by atoms with van der Waals surface area (Å²) >= 11 is 0. The summed E-state index contributed by atoms with van der Waals surface area (Å²) in [7, 11) is 0. The second kappa shape index (κ2) is 5.46. The van der Waals surface area contributed by atoms with Crippen LogP contribution in [0, 0.1) is 17.0 Å². The number of nitrogens with zero attached hydrogens (tertiary/aromatic N) is 1. The molecular weight excluding hydrogens is 208 g/mol. The smallest absolute Gasteiger partial charge is 0.269 e. The van der Waals surface area contributed by atoms with Crippen molar-refractivity contribution in [3.05, 3.63) is 33.9 Å². The minimum absolute atomic E-state index is 0.0952. The minimum atomic E-state index is -0.409. The Hall–Kier alpha value is -1.62. The second-order valence-corrected chi connectivity index (χ2v) is 3.81. The number of benzene rings is 1. The molecule has 16 heavy (non-hydrogen) atoms. The lowest BCUT2D eigenvalue weighted by Gasteiger charge is -2.15. The van der Waals surface area contributed by atoms with Crippen molar-refractivity contribution < 1.29 is 10.0 Å². The molecule has 88 valence electrons. The molecule has 0 saturated heterocycles. The molecule has 2 N–H and O–H groups in total. The third-order valence-corrected chi connectivity index (χ3v) is 2.38. The first-order valence-electron chi connectivity index (χ1n) is 5.17. The van der Waals surface area contributed by atoms with Gasteiger partial charge in [0.1, 0.15) is 0 Å². The predicted octanol–water partition coefficient (Wildman–Crippen LogP) is 2.09. The van der Waals surface area contributed by atoms with Crippen LogP contribution < -0.4 is 5.32 Å². The molecule has 1 atom stereocenters. The molecule has 1 aromatic carbocycles. The molecule has 0 saturated carbocycles. The molecule has 5 nitrogen and oxygen atoms in total. The van der Waals surface area contributed by atoms with Crippen LogP contribution in [-0.4, -0.2) is 22.7 Å². The summed E-state index contributed by atoms with van der Waals surface area (Å²) in [5, 5.41) is 22.5. The third-order valence-electron chi connectivity index (χ3n) is 2.38. The highest BCUT2D eigenvalue weighted by atomic mass is 16.6. The van der Waals surface area contributed by atoms with Crippen molar-refractivity contribution in [2.75, 3.05) is 11.9 Å². The molecule has 1 rings (SSSR count). The summed E-state index contributed by atoms with van der Waals surface area (Å²) < 4.78 is 0. The first-order chi connectivity index (χ1) is 7.54. The predicted molar refractivity (Wildman–Crippen MR) is 62.6 cm³/mol. The maximum Gasteiger partial charge on any atom is 0.269 e. The van der Waals surface area contributed by atoms with E-state index < -0.39 is 4.92 Å². The zero-order chi connectivity index (χ0) is 12.1. The molecule has 0 heterocycles. The average Bonchev–Trinajstić information content (AvgIpc) is 2.21. The number of aliphatic hydroxyl groups is 1. The van der Waals surface area contributed by atoms with Gasteiger partial charge in [-0.2, -0.15) is 0 Å². The van der Waals surface area contributed by atoms with Crippen LogP contribution in [0.3, 0.4) is 0 Å².